The molecule has 2 aromatic rings. The van der Waals surface area contributed by atoms with Crippen molar-refractivity contribution in [1.82, 2.24) is 9.97 Å². The van der Waals surface area contributed by atoms with E-state index in [0.717, 1.165) is 23.7 Å². The highest BCUT2D eigenvalue weighted by Crippen LogP contribution is 2.35. The van der Waals surface area contributed by atoms with Gasteiger partial charge in [0, 0.05) is 22.8 Å². The van der Waals surface area contributed by atoms with Crippen LogP contribution in [0.5, 0.6) is 0 Å². The third-order valence-corrected chi connectivity index (χ3v) is 5.47. The number of nitrogens with zero attached hydrogens (tertiary/aromatic N) is 3. The van der Waals surface area contributed by atoms with Crippen LogP contribution in [-0.2, 0) is 0 Å². The first-order valence-corrected chi connectivity index (χ1v) is 7.99. The molecule has 2 aromatic heterocycles. The average molecular weight is 326 g/mol. The molecule has 0 saturated carbocycles. The van der Waals surface area contributed by atoms with E-state index in [2.05, 4.69) is 44.6 Å². The van der Waals surface area contributed by atoms with Crippen molar-refractivity contribution in [1.29, 1.82) is 0 Å². The molecular formula is C13H16BrN3S. The van der Waals surface area contributed by atoms with Crippen LogP contribution in [0.4, 0.5) is 5.82 Å². The first-order chi connectivity index (χ1) is 8.66. The van der Waals surface area contributed by atoms with Gasteiger partial charge in [0.25, 0.3) is 0 Å². The zero-order chi connectivity index (χ0) is 12.7. The fourth-order valence-electron chi connectivity index (χ4n) is 2.52. The quantitative estimate of drug-likeness (QED) is 0.749. The Morgan fingerprint density at radius 1 is 1.39 bits per heavy atom. The van der Waals surface area contributed by atoms with Crippen molar-refractivity contribution in [3.63, 3.8) is 0 Å². The largest absolute Gasteiger partial charge is 0.355 e. The van der Waals surface area contributed by atoms with E-state index >= 15 is 0 Å². The molecule has 1 aliphatic heterocycles. The first kappa shape index (κ1) is 12.4. The standard InChI is InChI=1S/C13H16BrN3S/c1-8-9(2)18-13-11(8)12(15-7-16-13)17-5-3-4-10(14)6-17/h7,10H,3-6H2,1-2H3. The summed E-state index contributed by atoms with van der Waals surface area (Å²) < 4.78 is 0. The number of fused-ring (bicyclic) bond motifs is 1. The fourth-order valence-corrected chi connectivity index (χ4v) is 4.19. The fraction of sp³-hybridized carbons (Fsp3) is 0.538. The molecular weight excluding hydrogens is 310 g/mol. The molecule has 0 amide bonds. The zero-order valence-electron chi connectivity index (χ0n) is 10.6. The van der Waals surface area contributed by atoms with Gasteiger partial charge in [-0.15, -0.1) is 11.3 Å². The molecule has 0 bridgehead atoms. The summed E-state index contributed by atoms with van der Waals surface area (Å²) in [7, 11) is 0. The van der Waals surface area contributed by atoms with Crippen LogP contribution in [0.1, 0.15) is 23.3 Å². The Hall–Kier alpha value is -0.680. The molecule has 0 spiro atoms. The van der Waals surface area contributed by atoms with Crippen LogP contribution in [-0.4, -0.2) is 27.9 Å². The van der Waals surface area contributed by atoms with Gasteiger partial charge in [0.05, 0.1) is 5.39 Å². The Kier molecular flexibility index (Phi) is 3.28. The Morgan fingerprint density at radius 2 is 2.22 bits per heavy atom. The zero-order valence-corrected chi connectivity index (χ0v) is 13.0. The molecule has 0 aliphatic carbocycles. The number of halogens is 1. The summed E-state index contributed by atoms with van der Waals surface area (Å²) in [6.07, 6.45) is 4.18. The van der Waals surface area contributed by atoms with Crippen molar-refractivity contribution < 1.29 is 0 Å². The normalized spacial score (nSPS) is 20.6. The highest BCUT2D eigenvalue weighted by molar-refractivity contribution is 9.09. The molecule has 3 heterocycles. The summed E-state index contributed by atoms with van der Waals surface area (Å²) in [5.41, 5.74) is 1.34. The first-order valence-electron chi connectivity index (χ1n) is 6.26. The summed E-state index contributed by atoms with van der Waals surface area (Å²) in [5.74, 6) is 1.12. The van der Waals surface area contributed by atoms with Gasteiger partial charge in [-0.25, -0.2) is 9.97 Å². The molecule has 0 aromatic carbocycles. The molecule has 1 fully saturated rings. The smallest absolute Gasteiger partial charge is 0.141 e. The van der Waals surface area contributed by atoms with E-state index in [1.165, 1.54) is 28.7 Å². The summed E-state index contributed by atoms with van der Waals surface area (Å²) in [4.78, 5) is 14.4. The van der Waals surface area contributed by atoms with Gasteiger partial charge in [-0.3, -0.25) is 0 Å². The molecule has 5 heteroatoms. The lowest BCUT2D eigenvalue weighted by atomic mass is 10.1. The highest BCUT2D eigenvalue weighted by Gasteiger charge is 2.22. The van der Waals surface area contributed by atoms with Crippen LogP contribution >= 0.6 is 27.3 Å². The lowest BCUT2D eigenvalue weighted by molar-refractivity contribution is 0.592. The Balaban J connectivity index is 2.10. The van der Waals surface area contributed by atoms with Crippen molar-refractivity contribution in [3.05, 3.63) is 16.8 Å². The Bertz CT molecular complexity index is 581. The van der Waals surface area contributed by atoms with E-state index < -0.39 is 0 Å². The molecule has 1 aliphatic rings. The highest BCUT2D eigenvalue weighted by atomic mass is 79.9. The van der Waals surface area contributed by atoms with Crippen LogP contribution in [0.2, 0.25) is 0 Å². The molecule has 3 rings (SSSR count). The van der Waals surface area contributed by atoms with Gasteiger partial charge in [-0.2, -0.15) is 0 Å². The van der Waals surface area contributed by atoms with Crippen molar-refractivity contribution in [2.45, 2.75) is 31.5 Å². The van der Waals surface area contributed by atoms with E-state index in [0.29, 0.717) is 4.83 Å². The van der Waals surface area contributed by atoms with E-state index in [-0.39, 0.29) is 0 Å². The minimum atomic E-state index is 0.580. The SMILES string of the molecule is Cc1sc2ncnc(N3CCCC(Br)C3)c2c1C. The number of hydrogen-bond acceptors (Lipinski definition) is 4. The summed E-state index contributed by atoms with van der Waals surface area (Å²) in [5, 5.41) is 1.25. The predicted octanol–water partition coefficient (Wildman–Crippen LogP) is 3.67. The predicted molar refractivity (Wildman–Crippen MR) is 81.1 cm³/mol. The second-order valence-corrected chi connectivity index (χ2v) is 7.34. The van der Waals surface area contributed by atoms with Crippen LogP contribution in [0, 0.1) is 13.8 Å². The van der Waals surface area contributed by atoms with Gasteiger partial charge in [0.1, 0.15) is 17.0 Å². The van der Waals surface area contributed by atoms with Gasteiger partial charge in [0.15, 0.2) is 0 Å². The minimum Gasteiger partial charge on any atom is -0.355 e. The molecule has 1 atom stereocenters. The maximum absolute atomic E-state index is 4.54. The van der Waals surface area contributed by atoms with Crippen LogP contribution < -0.4 is 4.90 Å². The van der Waals surface area contributed by atoms with Crippen molar-refractivity contribution in [2.24, 2.45) is 0 Å². The van der Waals surface area contributed by atoms with Crippen molar-refractivity contribution in [3.8, 4) is 0 Å². The Labute approximate surface area is 119 Å². The lowest BCUT2D eigenvalue weighted by Crippen LogP contribution is -2.36. The van der Waals surface area contributed by atoms with Crippen molar-refractivity contribution in [2.75, 3.05) is 18.0 Å². The second kappa shape index (κ2) is 4.78. The van der Waals surface area contributed by atoms with E-state index in [4.69, 9.17) is 0 Å². The van der Waals surface area contributed by atoms with Crippen molar-refractivity contribution >= 4 is 43.3 Å². The topological polar surface area (TPSA) is 29.0 Å². The van der Waals surface area contributed by atoms with Gasteiger partial charge >= 0.3 is 0 Å². The van der Waals surface area contributed by atoms with E-state index in [1.807, 2.05) is 0 Å². The van der Waals surface area contributed by atoms with Crippen LogP contribution in [0.3, 0.4) is 0 Å². The maximum Gasteiger partial charge on any atom is 0.141 e. The number of aryl methyl sites for hydroxylation is 2. The van der Waals surface area contributed by atoms with Gasteiger partial charge in [0.2, 0.25) is 0 Å². The van der Waals surface area contributed by atoms with Gasteiger partial charge in [-0.1, -0.05) is 15.9 Å². The van der Waals surface area contributed by atoms with E-state index in [1.54, 1.807) is 17.7 Å². The Morgan fingerprint density at radius 3 is 3.00 bits per heavy atom. The molecule has 0 N–H and O–H groups in total. The maximum atomic E-state index is 4.54. The lowest BCUT2D eigenvalue weighted by Gasteiger charge is -2.31. The van der Waals surface area contributed by atoms with Gasteiger partial charge in [-0.05, 0) is 32.3 Å². The monoisotopic (exact) mass is 325 g/mol. The summed E-state index contributed by atoms with van der Waals surface area (Å²) >= 11 is 5.50. The molecule has 1 unspecified atom stereocenters. The second-order valence-electron chi connectivity index (χ2n) is 4.85. The minimum absolute atomic E-state index is 0.580. The molecule has 96 valence electrons. The summed E-state index contributed by atoms with van der Waals surface area (Å²) in [6.45, 7) is 6.48. The van der Waals surface area contributed by atoms with Crippen LogP contribution in [0.15, 0.2) is 6.33 Å². The summed E-state index contributed by atoms with van der Waals surface area (Å²) in [6, 6.07) is 0. The third-order valence-electron chi connectivity index (χ3n) is 3.61. The number of alkyl halides is 1. The third kappa shape index (κ3) is 2.03. The molecule has 3 nitrogen and oxygen atoms in total. The molecule has 1 saturated heterocycles. The number of hydrogen-bond donors (Lipinski definition) is 0. The number of thiophene rings is 1. The number of anilines is 1. The molecule has 0 radical (unpaired) electrons. The number of piperidine rings is 1. The number of rotatable bonds is 1. The van der Waals surface area contributed by atoms with E-state index in [9.17, 15) is 0 Å². The van der Waals surface area contributed by atoms with Gasteiger partial charge < -0.3 is 4.90 Å². The molecule has 18 heavy (non-hydrogen) atoms. The number of aromatic nitrogens is 2. The average Bonchev–Trinajstić information content (AvgIpc) is 2.65. The van der Waals surface area contributed by atoms with Crippen LogP contribution in [0.25, 0.3) is 10.2 Å².